The van der Waals surface area contributed by atoms with Gasteiger partial charge in [0.2, 0.25) is 0 Å². The second-order valence-corrected chi connectivity index (χ2v) is 10.0. The molecular formula is C26H28FN5O2S. The number of morpholine rings is 1. The monoisotopic (exact) mass is 493 g/mol. The second-order valence-electron chi connectivity index (χ2n) is 8.71. The molecule has 1 atom stereocenters. The van der Waals surface area contributed by atoms with E-state index in [-0.39, 0.29) is 16.9 Å². The topological polar surface area (TPSA) is 76.0 Å². The number of halogens is 1. The van der Waals surface area contributed by atoms with Crippen LogP contribution in [-0.4, -0.2) is 68.5 Å². The smallest absolute Gasteiger partial charge is 0.192 e. The standard InChI is InChI=1S/C26H28FN5O2S/c1-17-23(21-5-3-4-6-22(21)28-17)24(33)18(2)35-26-30-29-25(19-7-9-20(27)10-8-19)32(26)12-11-31-13-15-34-16-14-31/h3-10,18,28H,11-16H2,1-2H3/t18-/m1/s1. The number of carbonyl (C=O) groups is 1. The summed E-state index contributed by atoms with van der Waals surface area (Å²) in [5, 5.41) is 10.1. The first-order valence-corrected chi connectivity index (χ1v) is 12.7. The van der Waals surface area contributed by atoms with Gasteiger partial charge in [-0.15, -0.1) is 10.2 Å². The molecule has 5 rings (SSSR count). The highest BCUT2D eigenvalue weighted by molar-refractivity contribution is 8.00. The number of aromatic nitrogens is 4. The summed E-state index contributed by atoms with van der Waals surface area (Å²) in [4.78, 5) is 19.2. The van der Waals surface area contributed by atoms with Crippen LogP contribution in [0.15, 0.2) is 53.7 Å². The van der Waals surface area contributed by atoms with Gasteiger partial charge in [-0.25, -0.2) is 4.39 Å². The lowest BCUT2D eigenvalue weighted by Crippen LogP contribution is -2.38. The molecule has 0 aliphatic carbocycles. The van der Waals surface area contributed by atoms with Crippen molar-refractivity contribution in [1.29, 1.82) is 0 Å². The molecule has 1 N–H and O–H groups in total. The Bertz CT molecular complexity index is 1330. The number of aromatic amines is 1. The third-order valence-corrected chi connectivity index (χ3v) is 7.43. The number of benzene rings is 2. The minimum absolute atomic E-state index is 0.0519. The number of Topliss-reactive ketones (excluding diaryl/α,β-unsaturated/α-hetero) is 1. The van der Waals surface area contributed by atoms with Crippen LogP contribution in [0, 0.1) is 12.7 Å². The molecule has 7 nitrogen and oxygen atoms in total. The molecule has 1 saturated heterocycles. The fourth-order valence-corrected chi connectivity index (χ4v) is 5.40. The zero-order valence-corrected chi connectivity index (χ0v) is 20.6. The van der Waals surface area contributed by atoms with Gasteiger partial charge in [-0.3, -0.25) is 9.69 Å². The van der Waals surface area contributed by atoms with E-state index in [1.54, 1.807) is 12.1 Å². The molecule has 0 radical (unpaired) electrons. The van der Waals surface area contributed by atoms with Gasteiger partial charge in [-0.1, -0.05) is 30.0 Å². The van der Waals surface area contributed by atoms with Crippen molar-refractivity contribution in [2.75, 3.05) is 32.8 Å². The summed E-state index contributed by atoms with van der Waals surface area (Å²) >= 11 is 1.41. The summed E-state index contributed by atoms with van der Waals surface area (Å²) in [6.45, 7) is 8.53. The summed E-state index contributed by atoms with van der Waals surface area (Å²) in [6.07, 6.45) is 0. The van der Waals surface area contributed by atoms with Crippen LogP contribution in [0.3, 0.4) is 0 Å². The molecule has 9 heteroatoms. The first-order chi connectivity index (χ1) is 17.0. The van der Waals surface area contributed by atoms with Crippen LogP contribution >= 0.6 is 11.8 Å². The Kier molecular flexibility index (Phi) is 6.99. The normalized spacial score (nSPS) is 15.5. The van der Waals surface area contributed by atoms with Crippen molar-refractivity contribution in [1.82, 2.24) is 24.6 Å². The summed E-state index contributed by atoms with van der Waals surface area (Å²) in [6, 6.07) is 14.1. The first kappa shape index (κ1) is 23.7. The van der Waals surface area contributed by atoms with Crippen molar-refractivity contribution >= 4 is 28.4 Å². The first-order valence-electron chi connectivity index (χ1n) is 11.8. The molecule has 0 bridgehead atoms. The summed E-state index contributed by atoms with van der Waals surface area (Å²) in [7, 11) is 0. The van der Waals surface area contributed by atoms with Crippen LogP contribution in [0.2, 0.25) is 0 Å². The average molecular weight is 494 g/mol. The molecule has 2 aromatic heterocycles. The summed E-state index contributed by atoms with van der Waals surface area (Å²) in [5.74, 6) is 0.427. The zero-order valence-electron chi connectivity index (χ0n) is 19.8. The zero-order chi connectivity index (χ0) is 24.4. The predicted octanol–water partition coefficient (Wildman–Crippen LogP) is 4.57. The van der Waals surface area contributed by atoms with E-state index in [0.717, 1.165) is 60.6 Å². The Hall–Kier alpha value is -3.01. The molecule has 0 unspecified atom stereocenters. The van der Waals surface area contributed by atoms with Gasteiger partial charge in [-0.05, 0) is 44.2 Å². The van der Waals surface area contributed by atoms with Crippen LogP contribution in [-0.2, 0) is 11.3 Å². The Morgan fingerprint density at radius 2 is 1.86 bits per heavy atom. The maximum absolute atomic E-state index is 13.5. The third kappa shape index (κ3) is 5.03. The van der Waals surface area contributed by atoms with E-state index in [4.69, 9.17) is 4.74 Å². The van der Waals surface area contributed by atoms with E-state index < -0.39 is 0 Å². The van der Waals surface area contributed by atoms with Gasteiger partial charge < -0.3 is 14.3 Å². The Morgan fingerprint density at radius 1 is 1.11 bits per heavy atom. The molecule has 0 spiro atoms. The van der Waals surface area contributed by atoms with Crippen molar-refractivity contribution in [2.24, 2.45) is 0 Å². The second kappa shape index (κ2) is 10.3. The lowest BCUT2D eigenvalue weighted by atomic mass is 10.1. The number of ketones is 1. The summed E-state index contributed by atoms with van der Waals surface area (Å²) in [5.41, 5.74) is 3.33. The highest BCUT2D eigenvalue weighted by Gasteiger charge is 2.25. The van der Waals surface area contributed by atoms with Gasteiger partial charge in [0.05, 0.1) is 18.5 Å². The number of fused-ring (bicyclic) bond motifs is 1. The van der Waals surface area contributed by atoms with Crippen LogP contribution in [0.5, 0.6) is 0 Å². The number of nitrogens with zero attached hydrogens (tertiary/aromatic N) is 4. The van der Waals surface area contributed by atoms with Crippen LogP contribution in [0.1, 0.15) is 23.0 Å². The number of H-pyrrole nitrogens is 1. The Labute approximate surface area is 207 Å². The number of hydrogen-bond donors (Lipinski definition) is 1. The molecule has 4 aromatic rings. The molecule has 182 valence electrons. The highest BCUT2D eigenvalue weighted by atomic mass is 32.2. The average Bonchev–Trinajstić information content (AvgIpc) is 3.43. The SMILES string of the molecule is Cc1[nH]c2ccccc2c1C(=O)[C@@H](C)Sc1nnc(-c2ccc(F)cc2)n1CCN1CCOCC1. The number of hydrogen-bond acceptors (Lipinski definition) is 6. The summed E-state index contributed by atoms with van der Waals surface area (Å²) < 4.78 is 21.0. The Balaban J connectivity index is 1.42. The quantitative estimate of drug-likeness (QED) is 0.286. The van der Waals surface area contributed by atoms with E-state index in [9.17, 15) is 9.18 Å². The van der Waals surface area contributed by atoms with Crippen molar-refractivity contribution in [3.05, 3.63) is 65.6 Å². The van der Waals surface area contributed by atoms with E-state index in [1.165, 1.54) is 23.9 Å². The van der Waals surface area contributed by atoms with Crippen LogP contribution in [0.25, 0.3) is 22.3 Å². The fourth-order valence-electron chi connectivity index (χ4n) is 4.47. The van der Waals surface area contributed by atoms with Gasteiger partial charge in [-0.2, -0.15) is 0 Å². The number of nitrogens with one attached hydrogen (secondary N) is 1. The number of carbonyl (C=O) groups excluding carboxylic acids is 1. The van der Waals surface area contributed by atoms with Crippen LogP contribution in [0.4, 0.5) is 4.39 Å². The van der Waals surface area contributed by atoms with Crippen molar-refractivity contribution in [3.63, 3.8) is 0 Å². The number of para-hydroxylation sites is 1. The number of aryl methyl sites for hydroxylation is 1. The minimum Gasteiger partial charge on any atom is -0.379 e. The molecule has 0 saturated carbocycles. The minimum atomic E-state index is -0.361. The molecule has 0 amide bonds. The van der Waals surface area contributed by atoms with Crippen molar-refractivity contribution in [3.8, 4) is 11.4 Å². The molecule has 1 fully saturated rings. The van der Waals surface area contributed by atoms with E-state index >= 15 is 0 Å². The van der Waals surface area contributed by atoms with E-state index in [0.29, 0.717) is 17.5 Å². The molecule has 35 heavy (non-hydrogen) atoms. The number of rotatable bonds is 8. The van der Waals surface area contributed by atoms with Gasteiger partial charge in [0.1, 0.15) is 5.82 Å². The number of ether oxygens (including phenoxy) is 1. The lowest BCUT2D eigenvalue weighted by molar-refractivity contribution is 0.0361. The molecular weight excluding hydrogens is 465 g/mol. The third-order valence-electron chi connectivity index (χ3n) is 6.35. The fraction of sp³-hybridized carbons (Fsp3) is 0.346. The lowest BCUT2D eigenvalue weighted by Gasteiger charge is -2.27. The number of thioether (sulfide) groups is 1. The molecule has 2 aromatic carbocycles. The van der Waals surface area contributed by atoms with Crippen molar-refractivity contribution in [2.45, 2.75) is 30.8 Å². The van der Waals surface area contributed by atoms with Crippen molar-refractivity contribution < 1.29 is 13.9 Å². The maximum atomic E-state index is 13.5. The molecule has 1 aliphatic heterocycles. The van der Waals surface area contributed by atoms with E-state index in [2.05, 4.69) is 20.1 Å². The van der Waals surface area contributed by atoms with Gasteiger partial charge in [0.15, 0.2) is 16.8 Å². The largest absolute Gasteiger partial charge is 0.379 e. The van der Waals surface area contributed by atoms with E-state index in [1.807, 2.05) is 42.7 Å². The Morgan fingerprint density at radius 3 is 2.63 bits per heavy atom. The molecule has 1 aliphatic rings. The maximum Gasteiger partial charge on any atom is 0.192 e. The molecule has 3 heterocycles. The van der Waals surface area contributed by atoms with Crippen LogP contribution < -0.4 is 0 Å². The van der Waals surface area contributed by atoms with Gasteiger partial charge >= 0.3 is 0 Å². The predicted molar refractivity (Wildman–Crippen MR) is 135 cm³/mol. The van der Waals surface area contributed by atoms with Gasteiger partial charge in [0.25, 0.3) is 0 Å². The highest BCUT2D eigenvalue weighted by Crippen LogP contribution is 2.31. The van der Waals surface area contributed by atoms with Gasteiger partial charge in [0, 0.05) is 53.9 Å².